The Balaban J connectivity index is 2.48. The van der Waals surface area contributed by atoms with E-state index in [0.29, 0.717) is 11.2 Å². The van der Waals surface area contributed by atoms with Crippen molar-refractivity contribution in [3.05, 3.63) is 28.5 Å². The zero-order valence-corrected chi connectivity index (χ0v) is 9.98. The Morgan fingerprint density at radius 2 is 2.25 bits per heavy atom. The number of H-pyrrole nitrogens is 1. The van der Waals surface area contributed by atoms with Crippen LogP contribution in [0, 0.1) is 0 Å². The molecular formula is C10H12BrN3O2. The number of rotatable bonds is 3. The molecule has 0 aliphatic rings. The van der Waals surface area contributed by atoms with E-state index in [1.54, 1.807) is 12.4 Å². The Morgan fingerprint density at radius 1 is 1.50 bits per heavy atom. The summed E-state index contributed by atoms with van der Waals surface area (Å²) >= 11 is 3.31. The van der Waals surface area contributed by atoms with Gasteiger partial charge >= 0.3 is 0 Å². The largest absolute Gasteiger partial charge is 0.389 e. The van der Waals surface area contributed by atoms with Gasteiger partial charge in [0.05, 0.1) is 6.10 Å². The molecule has 5 N–H and O–H groups in total. The number of nitrogens with one attached hydrogen (secondary N) is 1. The molecule has 0 radical (unpaired) electrons. The molecule has 5 nitrogen and oxygen atoms in total. The van der Waals surface area contributed by atoms with Crippen LogP contribution in [-0.4, -0.2) is 32.8 Å². The zero-order chi connectivity index (χ0) is 11.7. The summed E-state index contributed by atoms with van der Waals surface area (Å²) in [6.07, 6.45) is 1.31. The van der Waals surface area contributed by atoms with Crippen LogP contribution in [0.2, 0.25) is 0 Å². The molecule has 6 heteroatoms. The Labute approximate surface area is 100 Å². The lowest BCUT2D eigenvalue weighted by atomic mass is 10.0. The molecule has 86 valence electrons. The van der Waals surface area contributed by atoms with Crippen LogP contribution in [0.25, 0.3) is 11.0 Å². The van der Waals surface area contributed by atoms with E-state index in [0.717, 1.165) is 9.86 Å². The van der Waals surface area contributed by atoms with E-state index in [-0.39, 0.29) is 6.54 Å². The first-order valence-electron chi connectivity index (χ1n) is 4.82. The summed E-state index contributed by atoms with van der Waals surface area (Å²) < 4.78 is 0.815. The van der Waals surface area contributed by atoms with Gasteiger partial charge in [-0.1, -0.05) is 0 Å². The third-order valence-corrected chi connectivity index (χ3v) is 2.89. The van der Waals surface area contributed by atoms with Gasteiger partial charge in [0.25, 0.3) is 0 Å². The van der Waals surface area contributed by atoms with Gasteiger partial charge in [-0.15, -0.1) is 0 Å². The number of halogens is 1. The predicted octanol–water partition coefficient (Wildman–Crippen LogP) is 0.678. The Hall–Kier alpha value is -0.950. The van der Waals surface area contributed by atoms with E-state index in [2.05, 4.69) is 25.9 Å². The van der Waals surface area contributed by atoms with Gasteiger partial charge in [0, 0.05) is 34.4 Å². The lowest BCUT2D eigenvalue weighted by Crippen LogP contribution is -2.27. The highest BCUT2D eigenvalue weighted by atomic mass is 79.9. The minimum Gasteiger partial charge on any atom is -0.389 e. The summed E-state index contributed by atoms with van der Waals surface area (Å²) in [5.41, 5.74) is 6.57. The highest BCUT2D eigenvalue weighted by molar-refractivity contribution is 9.10. The van der Waals surface area contributed by atoms with Crippen molar-refractivity contribution >= 4 is 27.0 Å². The summed E-state index contributed by atoms with van der Waals surface area (Å²) in [6.45, 7) is 0.00920. The number of aliphatic hydroxyl groups excluding tert-OH is 2. The van der Waals surface area contributed by atoms with Crippen LogP contribution in [0.15, 0.2) is 22.9 Å². The van der Waals surface area contributed by atoms with Crippen LogP contribution in [0.3, 0.4) is 0 Å². The fourth-order valence-corrected chi connectivity index (χ4v) is 1.91. The second-order valence-corrected chi connectivity index (χ2v) is 4.46. The number of nitrogens with zero attached hydrogens (tertiary/aromatic N) is 1. The molecule has 2 aromatic heterocycles. The molecule has 2 rings (SSSR count). The van der Waals surface area contributed by atoms with E-state index in [1.807, 2.05) is 6.07 Å². The second-order valence-electron chi connectivity index (χ2n) is 3.54. The molecule has 16 heavy (non-hydrogen) atoms. The summed E-state index contributed by atoms with van der Waals surface area (Å²) in [6, 6.07) is 1.83. The molecular weight excluding hydrogens is 274 g/mol. The molecule has 0 fully saturated rings. The van der Waals surface area contributed by atoms with Gasteiger partial charge in [0.1, 0.15) is 11.8 Å². The Morgan fingerprint density at radius 3 is 2.94 bits per heavy atom. The number of nitrogens with two attached hydrogens (primary N) is 1. The van der Waals surface area contributed by atoms with Crippen LogP contribution < -0.4 is 5.73 Å². The van der Waals surface area contributed by atoms with Crippen LogP contribution in [-0.2, 0) is 0 Å². The lowest BCUT2D eigenvalue weighted by Gasteiger charge is -2.15. The maximum atomic E-state index is 9.87. The van der Waals surface area contributed by atoms with Crippen molar-refractivity contribution in [3.8, 4) is 0 Å². The van der Waals surface area contributed by atoms with Crippen molar-refractivity contribution in [2.24, 2.45) is 5.73 Å². The number of aromatic nitrogens is 2. The summed E-state index contributed by atoms with van der Waals surface area (Å²) in [5, 5.41) is 20.2. The first-order valence-corrected chi connectivity index (χ1v) is 5.61. The number of aromatic amines is 1. The first kappa shape index (κ1) is 11.5. The average Bonchev–Trinajstić information content (AvgIpc) is 2.69. The Kier molecular flexibility index (Phi) is 3.25. The Bertz CT molecular complexity index is 500. The molecule has 0 spiro atoms. The minimum atomic E-state index is -1.00. The number of hydrogen-bond acceptors (Lipinski definition) is 4. The monoisotopic (exact) mass is 285 g/mol. The van der Waals surface area contributed by atoms with E-state index >= 15 is 0 Å². The molecule has 0 saturated carbocycles. The van der Waals surface area contributed by atoms with E-state index in [4.69, 9.17) is 5.73 Å². The number of aliphatic hydroxyl groups is 2. The van der Waals surface area contributed by atoms with Crippen molar-refractivity contribution in [1.82, 2.24) is 9.97 Å². The van der Waals surface area contributed by atoms with Crippen LogP contribution in [0.4, 0.5) is 0 Å². The van der Waals surface area contributed by atoms with Gasteiger partial charge in [0.2, 0.25) is 0 Å². The highest BCUT2D eigenvalue weighted by Gasteiger charge is 2.20. The van der Waals surface area contributed by atoms with Gasteiger partial charge in [0.15, 0.2) is 0 Å². The minimum absolute atomic E-state index is 0.00920. The van der Waals surface area contributed by atoms with Crippen molar-refractivity contribution in [1.29, 1.82) is 0 Å². The second kappa shape index (κ2) is 4.50. The molecule has 2 atom stereocenters. The van der Waals surface area contributed by atoms with Crippen LogP contribution in [0.1, 0.15) is 11.7 Å². The number of pyridine rings is 1. The molecule has 2 heterocycles. The normalized spacial score (nSPS) is 15.2. The number of fused-ring (bicyclic) bond motifs is 1. The fraction of sp³-hybridized carbons (Fsp3) is 0.300. The van der Waals surface area contributed by atoms with Crippen molar-refractivity contribution in [2.75, 3.05) is 6.54 Å². The van der Waals surface area contributed by atoms with E-state index in [1.165, 1.54) is 0 Å². The van der Waals surface area contributed by atoms with E-state index < -0.39 is 12.2 Å². The summed E-state index contributed by atoms with van der Waals surface area (Å²) in [4.78, 5) is 7.07. The molecule has 0 aliphatic carbocycles. The fourth-order valence-electron chi connectivity index (χ4n) is 1.58. The summed E-state index contributed by atoms with van der Waals surface area (Å²) in [5.74, 6) is 0. The van der Waals surface area contributed by atoms with Gasteiger partial charge in [-0.2, -0.15) is 0 Å². The molecule has 0 aromatic carbocycles. The quantitative estimate of drug-likeness (QED) is 0.667. The van der Waals surface area contributed by atoms with Gasteiger partial charge < -0.3 is 20.9 Å². The molecule has 0 saturated heterocycles. The maximum absolute atomic E-state index is 9.87. The van der Waals surface area contributed by atoms with Crippen LogP contribution >= 0.6 is 15.9 Å². The lowest BCUT2D eigenvalue weighted by molar-refractivity contribution is 0.0252. The molecule has 2 unspecified atom stereocenters. The van der Waals surface area contributed by atoms with E-state index in [9.17, 15) is 10.2 Å². The molecule has 0 aliphatic heterocycles. The third kappa shape index (κ3) is 1.97. The SMILES string of the molecule is NCC(O)C(O)c1c[nH]c2ncc(Br)cc12. The predicted molar refractivity (Wildman–Crippen MR) is 63.8 cm³/mol. The van der Waals surface area contributed by atoms with Crippen molar-refractivity contribution in [2.45, 2.75) is 12.2 Å². The topological polar surface area (TPSA) is 95.2 Å². The smallest absolute Gasteiger partial charge is 0.137 e. The molecule has 0 amide bonds. The molecule has 2 aromatic rings. The average molecular weight is 286 g/mol. The van der Waals surface area contributed by atoms with Crippen molar-refractivity contribution < 1.29 is 10.2 Å². The van der Waals surface area contributed by atoms with Gasteiger partial charge in [-0.25, -0.2) is 4.98 Å². The maximum Gasteiger partial charge on any atom is 0.137 e. The summed E-state index contributed by atoms with van der Waals surface area (Å²) in [7, 11) is 0. The third-order valence-electron chi connectivity index (χ3n) is 2.45. The van der Waals surface area contributed by atoms with Gasteiger partial charge in [-0.3, -0.25) is 0 Å². The first-order chi connectivity index (χ1) is 7.63. The standard InChI is InChI=1S/C10H12BrN3O2/c11-5-1-6-7(9(16)8(15)2-12)4-14-10(6)13-3-5/h1,3-4,8-9,15-16H,2,12H2,(H,13,14). The number of hydrogen-bond donors (Lipinski definition) is 4. The zero-order valence-electron chi connectivity index (χ0n) is 8.39. The van der Waals surface area contributed by atoms with Gasteiger partial charge in [-0.05, 0) is 22.0 Å². The van der Waals surface area contributed by atoms with Crippen LogP contribution in [0.5, 0.6) is 0 Å². The molecule has 0 bridgehead atoms. The highest BCUT2D eigenvalue weighted by Crippen LogP contribution is 2.26. The van der Waals surface area contributed by atoms with Crippen molar-refractivity contribution in [3.63, 3.8) is 0 Å².